The average Bonchev–Trinajstić information content (AvgIpc) is 3.29. The van der Waals surface area contributed by atoms with Crippen LogP contribution >= 0.6 is 0 Å². The van der Waals surface area contributed by atoms with Gasteiger partial charge in [-0.1, -0.05) is 71.1 Å². The van der Waals surface area contributed by atoms with Crippen molar-refractivity contribution in [2.45, 2.75) is 187 Å². The Balaban J connectivity index is 1.71. The molecule has 0 spiro atoms. The minimum atomic E-state index is -2.43. The van der Waals surface area contributed by atoms with Gasteiger partial charge in [-0.05, 0) is 114 Å². The summed E-state index contributed by atoms with van der Waals surface area (Å²) in [5.74, 6) is -7.95. The van der Waals surface area contributed by atoms with Crippen molar-refractivity contribution in [1.82, 2.24) is 4.90 Å². The van der Waals surface area contributed by atoms with Crippen molar-refractivity contribution < 1.29 is 63.0 Å². The number of hydrogen-bond acceptors (Lipinski definition) is 13. The summed E-state index contributed by atoms with van der Waals surface area (Å²) in [7, 11) is 2.95. The van der Waals surface area contributed by atoms with Crippen molar-refractivity contribution in [3.63, 3.8) is 0 Å². The molecular weight excluding hydrogens is 847 g/mol. The molecule has 0 unspecified atom stereocenters. The number of carbonyl (C=O) groups is 5. The maximum absolute atomic E-state index is 14.4. The minimum Gasteiger partial charge on any atom is -0.460 e. The predicted molar refractivity (Wildman–Crippen MR) is 250 cm³/mol. The maximum atomic E-state index is 14.4. The van der Waals surface area contributed by atoms with Crippen LogP contribution in [0.1, 0.15) is 132 Å². The van der Waals surface area contributed by atoms with Crippen molar-refractivity contribution in [3.05, 3.63) is 47.6 Å². The quantitative estimate of drug-likeness (QED) is 0.141. The topological polar surface area (TPSA) is 195 Å². The highest BCUT2D eigenvalue weighted by atomic mass is 16.6. The molecule has 4 aliphatic rings. The molecule has 0 aromatic carbocycles. The molecule has 1 saturated carbocycles. The van der Waals surface area contributed by atoms with E-state index in [4.69, 9.17) is 23.7 Å². The van der Waals surface area contributed by atoms with E-state index in [0.717, 1.165) is 12.0 Å². The molecule has 3 heterocycles. The Bertz CT molecular complexity index is 1770. The molecule has 4 rings (SSSR count). The van der Waals surface area contributed by atoms with Gasteiger partial charge in [-0.25, -0.2) is 4.79 Å². The van der Waals surface area contributed by atoms with E-state index in [0.29, 0.717) is 70.0 Å². The van der Waals surface area contributed by atoms with Gasteiger partial charge in [0, 0.05) is 58.0 Å². The number of esters is 1. The molecule has 15 atom stereocenters. The molecule has 2 saturated heterocycles. The summed E-state index contributed by atoms with van der Waals surface area (Å²) in [5, 5.41) is 33.9. The number of Topliss-reactive ketones (excluding diaryl/α,β-unsaturated/α-hetero) is 3. The molecule has 2 bridgehead atoms. The number of amides is 1. The summed E-state index contributed by atoms with van der Waals surface area (Å²) < 4.78 is 29.7. The molecule has 66 heavy (non-hydrogen) atoms. The number of ether oxygens (including phenoxy) is 5. The van der Waals surface area contributed by atoms with Gasteiger partial charge in [0.05, 0.1) is 24.4 Å². The number of fused-ring (bicyclic) bond motifs is 3. The molecule has 0 radical (unpaired) electrons. The Labute approximate surface area is 393 Å². The summed E-state index contributed by atoms with van der Waals surface area (Å²) in [5.41, 5.74) is 1.29. The normalized spacial score (nSPS) is 40.0. The van der Waals surface area contributed by atoms with Crippen molar-refractivity contribution >= 4 is 29.2 Å². The van der Waals surface area contributed by atoms with Crippen LogP contribution in [0, 0.1) is 35.5 Å². The summed E-state index contributed by atoms with van der Waals surface area (Å²) >= 11 is 0. The molecule has 1 amide bonds. The average molecular weight is 928 g/mol. The number of nitrogens with zero attached hydrogens (tertiary/aromatic N) is 1. The second kappa shape index (κ2) is 25.8. The van der Waals surface area contributed by atoms with Gasteiger partial charge in [0.15, 0.2) is 5.78 Å². The first-order chi connectivity index (χ1) is 31.2. The van der Waals surface area contributed by atoms with E-state index in [9.17, 15) is 39.3 Å². The molecule has 3 aliphatic heterocycles. The lowest BCUT2D eigenvalue weighted by atomic mass is 9.78. The number of cyclic esters (lactones) is 1. The monoisotopic (exact) mass is 928 g/mol. The largest absolute Gasteiger partial charge is 0.460 e. The van der Waals surface area contributed by atoms with Gasteiger partial charge in [-0.2, -0.15) is 0 Å². The predicted octanol–water partition coefficient (Wildman–Crippen LogP) is 6.57. The Morgan fingerprint density at radius 2 is 1.61 bits per heavy atom. The van der Waals surface area contributed by atoms with E-state index < -0.39 is 83.9 Å². The first-order valence-electron chi connectivity index (χ1n) is 24.5. The number of hydrogen-bond donors (Lipinski definition) is 3. The zero-order valence-electron chi connectivity index (χ0n) is 41.3. The highest BCUT2D eigenvalue weighted by Crippen LogP contribution is 2.38. The standard InChI is InChI=1S/C52H81NO13/c1-11-64-43-29-39-22-20-37(8)52(61,66-39)49(58)50(59)53-24-16-15-19-40(53)51(60)65-44(34(5)27-38-21-23-41(54)45(28-38)62-9)30-42(55)33(4)26-36(7)47(57)48(63-10)46(56)35(6)25-31(2)17-13-12-14-18-32(43)3/h12-14,17-18,26,31,33-35,37-41,43-45,47-48,54,57,61H,11,15-16,19-25,27-30H2,1-10H3/b14-12+,17-13+,32-18+,36-26+/t31-,33-,34-,35-,37-,38+,39+,40+,41-,43-,44+,45-,47-,48+,52-/m1/s1. The smallest absolute Gasteiger partial charge is 0.329 e. The van der Waals surface area contributed by atoms with E-state index in [1.54, 1.807) is 34.0 Å². The van der Waals surface area contributed by atoms with Crippen LogP contribution in [-0.4, -0.2) is 131 Å². The highest BCUT2D eigenvalue weighted by molar-refractivity contribution is 6.39. The van der Waals surface area contributed by atoms with Gasteiger partial charge in [-0.15, -0.1) is 0 Å². The van der Waals surface area contributed by atoms with Gasteiger partial charge >= 0.3 is 5.97 Å². The summed E-state index contributed by atoms with van der Waals surface area (Å²) in [6.07, 6.45) is 11.3. The highest BCUT2D eigenvalue weighted by Gasteiger charge is 2.53. The maximum Gasteiger partial charge on any atom is 0.329 e. The van der Waals surface area contributed by atoms with Gasteiger partial charge < -0.3 is 43.9 Å². The molecule has 0 aromatic rings. The van der Waals surface area contributed by atoms with Crippen LogP contribution in [0.15, 0.2) is 47.6 Å². The number of aliphatic hydroxyl groups is 3. The van der Waals surface area contributed by atoms with Crippen LogP contribution in [0.4, 0.5) is 0 Å². The van der Waals surface area contributed by atoms with Gasteiger partial charge in [-0.3, -0.25) is 19.2 Å². The molecule has 14 heteroatoms. The lowest BCUT2D eigenvalue weighted by Gasteiger charge is -2.43. The molecule has 0 aromatic heterocycles. The van der Waals surface area contributed by atoms with Crippen LogP contribution in [0.5, 0.6) is 0 Å². The van der Waals surface area contributed by atoms with Gasteiger partial charge in [0.1, 0.15) is 30.1 Å². The molecule has 3 fully saturated rings. The Hall–Kier alpha value is -3.37. The van der Waals surface area contributed by atoms with Crippen molar-refractivity contribution in [1.29, 1.82) is 0 Å². The van der Waals surface area contributed by atoms with Crippen LogP contribution < -0.4 is 0 Å². The number of methoxy groups -OCH3 is 2. The number of piperidine rings is 1. The van der Waals surface area contributed by atoms with Gasteiger partial charge in [0.25, 0.3) is 11.7 Å². The number of carbonyl (C=O) groups excluding carboxylic acids is 5. The molecule has 14 nitrogen and oxygen atoms in total. The van der Waals surface area contributed by atoms with Crippen molar-refractivity contribution in [3.8, 4) is 0 Å². The zero-order chi connectivity index (χ0) is 48.9. The van der Waals surface area contributed by atoms with Crippen molar-refractivity contribution in [2.75, 3.05) is 27.4 Å². The van der Waals surface area contributed by atoms with E-state index in [-0.39, 0.29) is 54.8 Å². The lowest BCUT2D eigenvalue weighted by molar-refractivity contribution is -0.266. The fourth-order valence-electron chi connectivity index (χ4n) is 10.2. The second-order valence-corrected chi connectivity index (χ2v) is 19.8. The molecule has 1 aliphatic carbocycles. The van der Waals surface area contributed by atoms with E-state index in [2.05, 4.69) is 0 Å². The van der Waals surface area contributed by atoms with E-state index in [1.807, 2.05) is 65.0 Å². The number of rotatable bonds is 7. The van der Waals surface area contributed by atoms with Crippen molar-refractivity contribution in [2.24, 2.45) is 35.5 Å². The zero-order valence-corrected chi connectivity index (χ0v) is 41.3. The third-order valence-corrected chi connectivity index (χ3v) is 14.6. The molecule has 372 valence electrons. The second-order valence-electron chi connectivity index (χ2n) is 19.8. The number of aliphatic hydroxyl groups excluding tert-OH is 2. The summed E-state index contributed by atoms with van der Waals surface area (Å²) in [4.78, 5) is 71.9. The lowest BCUT2D eigenvalue weighted by Crippen LogP contribution is -2.61. The van der Waals surface area contributed by atoms with Gasteiger partial charge in [0.2, 0.25) is 5.79 Å². The molecular formula is C52H81NO13. The Morgan fingerprint density at radius 1 is 0.879 bits per heavy atom. The third-order valence-electron chi connectivity index (χ3n) is 14.6. The minimum absolute atomic E-state index is 0.0188. The first-order valence-corrected chi connectivity index (χ1v) is 24.5. The Kier molecular flexibility index (Phi) is 21.6. The summed E-state index contributed by atoms with van der Waals surface area (Å²) in [6, 6.07) is -1.14. The fourth-order valence-corrected chi connectivity index (χ4v) is 10.2. The first kappa shape index (κ1) is 55.2. The number of allylic oxidation sites excluding steroid dienone is 6. The summed E-state index contributed by atoms with van der Waals surface area (Å²) in [6.45, 7) is 15.1. The third kappa shape index (κ3) is 14.6. The SMILES string of the molecule is CCO[C@@H]1C[C@@H]2CC[C@@H](C)[C@@](O)(O2)C(=O)C(=O)N2CCCC[C@H]2C(=O)O[C@H]([C@H](C)C[C@@H]2CC[C@@H](O)[C@H](OC)C2)CC(=O)[C@H](C)/C=C(\C)[C@@H](O)[C@@H](OC)C(=O)[C@H](C)C[C@H](C)/C=C/C=C/C=C/1C. The van der Waals surface area contributed by atoms with Crippen LogP contribution in [0.3, 0.4) is 0 Å². The number of ketones is 3. The fraction of sp³-hybridized carbons (Fsp3) is 0.750. The molecule has 3 N–H and O–H groups in total. The van der Waals surface area contributed by atoms with Crippen LogP contribution in [0.2, 0.25) is 0 Å². The van der Waals surface area contributed by atoms with Crippen LogP contribution in [-0.2, 0) is 47.7 Å². The Morgan fingerprint density at radius 3 is 2.29 bits per heavy atom. The van der Waals surface area contributed by atoms with Crippen LogP contribution in [0.25, 0.3) is 0 Å². The van der Waals surface area contributed by atoms with E-state index >= 15 is 0 Å². The van der Waals surface area contributed by atoms with E-state index in [1.165, 1.54) is 12.0 Å².